The Bertz CT molecular complexity index is 365. The summed E-state index contributed by atoms with van der Waals surface area (Å²) in [6.07, 6.45) is -3.56. The molecule has 0 N–H and O–H groups in total. The monoisotopic (exact) mass is 227 g/mol. The van der Waals surface area contributed by atoms with Gasteiger partial charge in [0.1, 0.15) is 6.33 Å². The number of rotatable bonds is 2. The van der Waals surface area contributed by atoms with Gasteiger partial charge in [0.05, 0.1) is 0 Å². The highest BCUT2D eigenvalue weighted by atomic mass is 19.4. The Hall–Kier alpha value is -1.21. The summed E-state index contributed by atoms with van der Waals surface area (Å²) in [5, 5.41) is 5.95. The molecule has 2 rings (SSSR count). The van der Waals surface area contributed by atoms with Crippen LogP contribution >= 0.6 is 0 Å². The van der Waals surface area contributed by atoms with Crippen molar-refractivity contribution in [1.82, 2.24) is 14.8 Å². The summed E-state index contributed by atoms with van der Waals surface area (Å²) in [6.45, 7) is 0. The Kier molecular flexibility index (Phi) is 1.99. The summed E-state index contributed by atoms with van der Waals surface area (Å²) < 4.78 is 62.7. The van der Waals surface area contributed by atoms with Crippen LogP contribution in [0.15, 0.2) is 6.33 Å². The van der Waals surface area contributed by atoms with E-state index in [0.29, 0.717) is 12.8 Å². The fourth-order valence-electron chi connectivity index (χ4n) is 1.21. The summed E-state index contributed by atoms with van der Waals surface area (Å²) in [5.74, 6) is -6.26. The Balaban J connectivity index is 2.39. The van der Waals surface area contributed by atoms with Gasteiger partial charge in [-0.3, -0.25) is 0 Å². The molecule has 0 aliphatic heterocycles. The van der Waals surface area contributed by atoms with Crippen molar-refractivity contribution in [3.63, 3.8) is 0 Å². The highest BCUT2D eigenvalue weighted by molar-refractivity contribution is 5.04. The Morgan fingerprint density at radius 1 is 1.20 bits per heavy atom. The molecule has 0 bridgehead atoms. The lowest BCUT2D eigenvalue weighted by molar-refractivity contribution is -0.293. The van der Waals surface area contributed by atoms with Gasteiger partial charge < -0.3 is 4.57 Å². The molecule has 0 atom stereocenters. The summed E-state index contributed by atoms with van der Waals surface area (Å²) in [4.78, 5) is 0. The minimum absolute atomic E-state index is 0.316. The van der Waals surface area contributed by atoms with E-state index in [-0.39, 0.29) is 6.04 Å². The van der Waals surface area contributed by atoms with Crippen LogP contribution in [0.25, 0.3) is 0 Å². The molecule has 0 radical (unpaired) electrons. The normalized spacial score (nSPS) is 18.2. The molecule has 1 aliphatic rings. The van der Waals surface area contributed by atoms with Gasteiger partial charge in [-0.2, -0.15) is 22.0 Å². The van der Waals surface area contributed by atoms with Gasteiger partial charge in [0.15, 0.2) is 0 Å². The molecule has 0 amide bonds. The van der Waals surface area contributed by atoms with E-state index >= 15 is 0 Å². The fourth-order valence-corrected chi connectivity index (χ4v) is 1.21. The molecule has 0 aromatic carbocycles. The largest absolute Gasteiger partial charge is 0.461 e. The van der Waals surface area contributed by atoms with Crippen molar-refractivity contribution in [2.75, 3.05) is 0 Å². The molecule has 0 saturated heterocycles. The zero-order valence-electron chi connectivity index (χ0n) is 7.30. The maximum absolute atomic E-state index is 12.9. The third-order valence-corrected chi connectivity index (χ3v) is 2.15. The van der Waals surface area contributed by atoms with E-state index in [4.69, 9.17) is 0 Å². The number of alkyl halides is 5. The van der Waals surface area contributed by atoms with Crippen LogP contribution in [-0.2, 0) is 5.92 Å². The summed E-state index contributed by atoms with van der Waals surface area (Å²) in [7, 11) is 0. The Morgan fingerprint density at radius 3 is 2.27 bits per heavy atom. The first kappa shape index (κ1) is 10.3. The number of hydrogen-bond acceptors (Lipinski definition) is 2. The van der Waals surface area contributed by atoms with Gasteiger partial charge in [0.2, 0.25) is 5.82 Å². The van der Waals surface area contributed by atoms with Gasteiger partial charge in [-0.05, 0) is 12.8 Å². The second-order valence-corrected chi connectivity index (χ2v) is 3.37. The lowest BCUT2D eigenvalue weighted by Gasteiger charge is -2.19. The fraction of sp³-hybridized carbons (Fsp3) is 0.714. The highest BCUT2D eigenvalue weighted by Crippen LogP contribution is 2.45. The van der Waals surface area contributed by atoms with Gasteiger partial charge in [-0.1, -0.05) is 0 Å². The van der Waals surface area contributed by atoms with E-state index in [1.165, 1.54) is 0 Å². The number of aromatic nitrogens is 3. The molecule has 8 heteroatoms. The molecule has 1 aromatic heterocycles. The molecule has 15 heavy (non-hydrogen) atoms. The minimum Gasteiger partial charge on any atom is -0.309 e. The molecule has 3 nitrogen and oxygen atoms in total. The van der Waals surface area contributed by atoms with Crippen molar-refractivity contribution in [3.05, 3.63) is 12.2 Å². The van der Waals surface area contributed by atoms with Gasteiger partial charge in [-0.25, -0.2) is 0 Å². The van der Waals surface area contributed by atoms with Crippen molar-refractivity contribution >= 4 is 0 Å². The second-order valence-electron chi connectivity index (χ2n) is 3.37. The maximum atomic E-state index is 12.9. The highest BCUT2D eigenvalue weighted by Gasteiger charge is 2.62. The first-order valence-corrected chi connectivity index (χ1v) is 4.18. The van der Waals surface area contributed by atoms with Crippen molar-refractivity contribution < 1.29 is 22.0 Å². The molecule has 1 aliphatic carbocycles. The first-order chi connectivity index (χ1) is 6.84. The van der Waals surface area contributed by atoms with Crippen molar-refractivity contribution in [1.29, 1.82) is 0 Å². The van der Waals surface area contributed by atoms with E-state index in [9.17, 15) is 22.0 Å². The third-order valence-electron chi connectivity index (χ3n) is 2.15. The van der Waals surface area contributed by atoms with Crippen molar-refractivity contribution in [3.8, 4) is 0 Å². The van der Waals surface area contributed by atoms with E-state index < -0.39 is 17.9 Å². The maximum Gasteiger partial charge on any atom is 0.461 e. The van der Waals surface area contributed by atoms with E-state index in [1.54, 1.807) is 0 Å². The van der Waals surface area contributed by atoms with Crippen LogP contribution in [0.1, 0.15) is 24.7 Å². The zero-order chi connectivity index (χ0) is 11.3. The molecular formula is C7H6F5N3. The van der Waals surface area contributed by atoms with E-state index in [0.717, 1.165) is 10.9 Å². The van der Waals surface area contributed by atoms with Crippen LogP contribution in [0.2, 0.25) is 0 Å². The lowest BCUT2D eigenvalue weighted by Crippen LogP contribution is -2.36. The molecule has 1 heterocycles. The summed E-state index contributed by atoms with van der Waals surface area (Å²) >= 11 is 0. The average molecular weight is 227 g/mol. The number of nitrogens with zero attached hydrogens (tertiary/aromatic N) is 3. The third kappa shape index (κ3) is 1.57. The van der Waals surface area contributed by atoms with Crippen molar-refractivity contribution in [2.45, 2.75) is 31.0 Å². The van der Waals surface area contributed by atoms with Gasteiger partial charge in [-0.15, -0.1) is 10.2 Å². The minimum atomic E-state index is -5.63. The standard InChI is InChI=1S/C7H6F5N3/c8-6(9,7(10,11)12)5-14-13-3-15(5)4-1-2-4/h3-4H,1-2H2. The number of halogens is 5. The van der Waals surface area contributed by atoms with Crippen LogP contribution in [0, 0.1) is 0 Å². The molecule has 1 fully saturated rings. The van der Waals surface area contributed by atoms with E-state index in [2.05, 4.69) is 10.2 Å². The Labute approximate surface area is 80.9 Å². The van der Waals surface area contributed by atoms with Crippen LogP contribution in [-0.4, -0.2) is 20.9 Å². The smallest absolute Gasteiger partial charge is 0.309 e. The zero-order valence-corrected chi connectivity index (χ0v) is 7.30. The van der Waals surface area contributed by atoms with Crippen LogP contribution in [0.3, 0.4) is 0 Å². The molecule has 0 spiro atoms. The molecule has 1 saturated carbocycles. The number of hydrogen-bond donors (Lipinski definition) is 0. The quantitative estimate of drug-likeness (QED) is 0.725. The topological polar surface area (TPSA) is 30.7 Å². The van der Waals surface area contributed by atoms with Crippen LogP contribution < -0.4 is 0 Å². The predicted molar refractivity (Wildman–Crippen MR) is 38.2 cm³/mol. The summed E-state index contributed by atoms with van der Waals surface area (Å²) in [6, 6.07) is -0.316. The van der Waals surface area contributed by atoms with Gasteiger partial charge >= 0.3 is 12.1 Å². The van der Waals surface area contributed by atoms with Gasteiger partial charge in [0.25, 0.3) is 0 Å². The molecule has 84 valence electrons. The molecule has 0 unspecified atom stereocenters. The first-order valence-electron chi connectivity index (χ1n) is 4.18. The van der Waals surface area contributed by atoms with Crippen molar-refractivity contribution in [2.24, 2.45) is 0 Å². The Morgan fingerprint density at radius 2 is 1.80 bits per heavy atom. The predicted octanol–water partition coefficient (Wildman–Crippen LogP) is 2.27. The SMILES string of the molecule is FC(F)(F)C(F)(F)c1nncn1C1CC1. The molecular weight excluding hydrogens is 221 g/mol. The second kappa shape index (κ2) is 2.89. The van der Waals surface area contributed by atoms with Gasteiger partial charge in [0, 0.05) is 6.04 Å². The lowest BCUT2D eigenvalue weighted by atomic mass is 10.3. The summed E-state index contributed by atoms with van der Waals surface area (Å²) in [5.41, 5.74) is 0. The molecule has 1 aromatic rings. The van der Waals surface area contributed by atoms with Crippen LogP contribution in [0.4, 0.5) is 22.0 Å². The van der Waals surface area contributed by atoms with Crippen LogP contribution in [0.5, 0.6) is 0 Å². The van der Waals surface area contributed by atoms with E-state index in [1.807, 2.05) is 0 Å². The average Bonchev–Trinajstić information content (AvgIpc) is 2.81.